The maximum Gasteiger partial charge on any atom is 0.257 e. The molecule has 4 aromatic rings. The molecule has 1 amide bonds. The zero-order chi connectivity index (χ0) is 20.4. The van der Waals surface area contributed by atoms with E-state index in [1.807, 2.05) is 74.5 Å². The highest BCUT2D eigenvalue weighted by atomic mass is 32.1. The van der Waals surface area contributed by atoms with Crippen molar-refractivity contribution in [2.45, 2.75) is 13.8 Å². The van der Waals surface area contributed by atoms with E-state index in [4.69, 9.17) is 16.6 Å². The van der Waals surface area contributed by atoms with E-state index in [9.17, 15) is 4.79 Å². The average molecular weight is 401 g/mol. The van der Waals surface area contributed by atoms with Crippen LogP contribution in [0.4, 0.5) is 5.69 Å². The largest absolute Gasteiger partial charge is 0.436 e. The van der Waals surface area contributed by atoms with Gasteiger partial charge in [-0.1, -0.05) is 36.4 Å². The molecular formula is C23H19N3O2S. The van der Waals surface area contributed by atoms with Gasteiger partial charge in [-0.05, 0) is 67.5 Å². The molecule has 0 aliphatic rings. The van der Waals surface area contributed by atoms with Gasteiger partial charge < -0.3 is 9.73 Å². The number of benzene rings is 3. The van der Waals surface area contributed by atoms with Crippen molar-refractivity contribution in [3.8, 4) is 11.5 Å². The van der Waals surface area contributed by atoms with Crippen LogP contribution in [0.1, 0.15) is 21.5 Å². The maximum atomic E-state index is 12.5. The van der Waals surface area contributed by atoms with E-state index in [1.54, 1.807) is 6.07 Å². The zero-order valence-corrected chi connectivity index (χ0v) is 16.8. The zero-order valence-electron chi connectivity index (χ0n) is 16.0. The van der Waals surface area contributed by atoms with Gasteiger partial charge in [-0.2, -0.15) is 0 Å². The second kappa shape index (κ2) is 7.85. The lowest BCUT2D eigenvalue weighted by molar-refractivity contribution is 0.0977. The molecule has 0 unspecified atom stereocenters. The normalized spacial score (nSPS) is 10.7. The molecule has 1 aromatic heterocycles. The molecule has 4 rings (SSSR count). The average Bonchev–Trinajstić information content (AvgIpc) is 3.14. The number of fused-ring (bicyclic) bond motifs is 1. The SMILES string of the molecule is Cc1ccc(-c2nc3ccccc3o2)cc1NC(=S)NC(=O)c1ccccc1C. The standard InChI is InChI=1S/C23H19N3O2S/c1-14-7-3-4-8-17(14)21(27)26-23(29)25-19-13-16(12-11-15(19)2)22-24-18-9-5-6-10-20(18)28-22/h3-13H,1-2H3,(H2,25,26,27,29). The fourth-order valence-electron chi connectivity index (χ4n) is 3.04. The monoisotopic (exact) mass is 401 g/mol. The first-order valence-corrected chi connectivity index (χ1v) is 9.56. The number of carbonyl (C=O) groups is 1. The summed E-state index contributed by atoms with van der Waals surface area (Å²) in [5.41, 5.74) is 5.60. The minimum atomic E-state index is -0.242. The summed E-state index contributed by atoms with van der Waals surface area (Å²) in [7, 11) is 0. The molecule has 144 valence electrons. The van der Waals surface area contributed by atoms with Crippen LogP contribution in [-0.4, -0.2) is 16.0 Å². The predicted molar refractivity (Wildman–Crippen MR) is 119 cm³/mol. The van der Waals surface area contributed by atoms with E-state index in [2.05, 4.69) is 15.6 Å². The Bertz CT molecular complexity index is 1200. The molecular weight excluding hydrogens is 382 g/mol. The van der Waals surface area contributed by atoms with Gasteiger partial charge >= 0.3 is 0 Å². The first-order chi connectivity index (χ1) is 14.0. The molecule has 3 aromatic carbocycles. The van der Waals surface area contributed by atoms with Crippen LogP contribution in [0.5, 0.6) is 0 Å². The van der Waals surface area contributed by atoms with Gasteiger partial charge in [0.2, 0.25) is 5.89 Å². The van der Waals surface area contributed by atoms with Crippen molar-refractivity contribution >= 4 is 40.0 Å². The molecule has 6 heteroatoms. The van der Waals surface area contributed by atoms with Gasteiger partial charge in [-0.25, -0.2) is 4.98 Å². The quantitative estimate of drug-likeness (QED) is 0.460. The van der Waals surface area contributed by atoms with Crippen LogP contribution in [0.2, 0.25) is 0 Å². The van der Waals surface area contributed by atoms with E-state index in [-0.39, 0.29) is 11.0 Å². The molecule has 0 saturated carbocycles. The highest BCUT2D eigenvalue weighted by Gasteiger charge is 2.13. The molecule has 5 nitrogen and oxygen atoms in total. The first-order valence-electron chi connectivity index (χ1n) is 9.16. The smallest absolute Gasteiger partial charge is 0.257 e. The summed E-state index contributed by atoms with van der Waals surface area (Å²) >= 11 is 5.35. The van der Waals surface area contributed by atoms with Crippen LogP contribution in [0, 0.1) is 13.8 Å². The number of anilines is 1. The molecule has 0 saturated heterocycles. The number of carbonyl (C=O) groups excluding carboxylic acids is 1. The van der Waals surface area contributed by atoms with Crippen molar-refractivity contribution in [1.29, 1.82) is 0 Å². The van der Waals surface area contributed by atoms with Crippen molar-refractivity contribution in [2.75, 3.05) is 5.32 Å². The Morgan fingerprint density at radius 2 is 1.72 bits per heavy atom. The number of hydrogen-bond donors (Lipinski definition) is 2. The summed E-state index contributed by atoms with van der Waals surface area (Å²) in [6, 6.07) is 20.8. The molecule has 29 heavy (non-hydrogen) atoms. The molecule has 1 heterocycles. The fourth-order valence-corrected chi connectivity index (χ4v) is 3.24. The number of aromatic nitrogens is 1. The Morgan fingerprint density at radius 1 is 0.966 bits per heavy atom. The maximum absolute atomic E-state index is 12.5. The third-order valence-electron chi connectivity index (χ3n) is 4.64. The van der Waals surface area contributed by atoms with Crippen molar-refractivity contribution in [3.05, 3.63) is 83.4 Å². The molecule has 0 spiro atoms. The summed E-state index contributed by atoms with van der Waals surface area (Å²) in [4.78, 5) is 17.0. The fraction of sp³-hybridized carbons (Fsp3) is 0.0870. The highest BCUT2D eigenvalue weighted by Crippen LogP contribution is 2.27. The van der Waals surface area contributed by atoms with Crippen molar-refractivity contribution in [1.82, 2.24) is 10.3 Å². The van der Waals surface area contributed by atoms with E-state index in [0.717, 1.165) is 33.5 Å². The predicted octanol–water partition coefficient (Wildman–Crippen LogP) is 5.24. The molecule has 2 N–H and O–H groups in total. The Balaban J connectivity index is 1.54. The number of rotatable bonds is 3. The second-order valence-electron chi connectivity index (χ2n) is 6.74. The number of hydrogen-bond acceptors (Lipinski definition) is 4. The van der Waals surface area contributed by atoms with E-state index < -0.39 is 0 Å². The number of aryl methyl sites for hydroxylation is 2. The summed E-state index contributed by atoms with van der Waals surface area (Å²) < 4.78 is 5.85. The van der Waals surface area contributed by atoms with Crippen LogP contribution in [0.15, 0.2) is 71.1 Å². The van der Waals surface area contributed by atoms with Gasteiger partial charge in [0.1, 0.15) is 5.52 Å². The van der Waals surface area contributed by atoms with Crippen LogP contribution in [-0.2, 0) is 0 Å². The minimum Gasteiger partial charge on any atom is -0.436 e. The summed E-state index contributed by atoms with van der Waals surface area (Å²) in [5.74, 6) is 0.289. The lowest BCUT2D eigenvalue weighted by Crippen LogP contribution is -2.34. The van der Waals surface area contributed by atoms with Crippen LogP contribution < -0.4 is 10.6 Å². The lowest BCUT2D eigenvalue weighted by Gasteiger charge is -2.13. The van der Waals surface area contributed by atoms with Gasteiger partial charge in [0.15, 0.2) is 10.7 Å². The first kappa shape index (κ1) is 18.8. The Kier molecular flexibility index (Phi) is 5.10. The van der Waals surface area contributed by atoms with E-state index in [0.29, 0.717) is 11.5 Å². The van der Waals surface area contributed by atoms with E-state index >= 15 is 0 Å². The van der Waals surface area contributed by atoms with Gasteiger partial charge in [0.25, 0.3) is 5.91 Å². The summed E-state index contributed by atoms with van der Waals surface area (Å²) in [5, 5.41) is 6.07. The number of para-hydroxylation sites is 2. The number of nitrogens with one attached hydrogen (secondary N) is 2. The third-order valence-corrected chi connectivity index (χ3v) is 4.85. The lowest BCUT2D eigenvalue weighted by atomic mass is 10.1. The van der Waals surface area contributed by atoms with Gasteiger partial charge in [0, 0.05) is 16.8 Å². The molecule has 0 atom stereocenters. The van der Waals surface area contributed by atoms with Crippen molar-refractivity contribution in [3.63, 3.8) is 0 Å². The number of oxazole rings is 1. The Hall–Kier alpha value is -3.51. The summed E-state index contributed by atoms with van der Waals surface area (Å²) in [6.07, 6.45) is 0. The number of amides is 1. The third kappa shape index (κ3) is 4.02. The van der Waals surface area contributed by atoms with Gasteiger partial charge in [0.05, 0.1) is 0 Å². The Labute approximate surface area is 173 Å². The van der Waals surface area contributed by atoms with Crippen molar-refractivity contribution in [2.24, 2.45) is 0 Å². The molecule has 0 aliphatic carbocycles. The molecule has 0 fully saturated rings. The van der Waals surface area contributed by atoms with Crippen LogP contribution in [0.3, 0.4) is 0 Å². The summed E-state index contributed by atoms with van der Waals surface area (Å²) in [6.45, 7) is 3.85. The second-order valence-corrected chi connectivity index (χ2v) is 7.15. The van der Waals surface area contributed by atoms with Gasteiger partial charge in [-0.15, -0.1) is 0 Å². The molecule has 0 bridgehead atoms. The highest BCUT2D eigenvalue weighted by molar-refractivity contribution is 7.80. The van der Waals surface area contributed by atoms with E-state index in [1.165, 1.54) is 0 Å². The van der Waals surface area contributed by atoms with Crippen LogP contribution in [0.25, 0.3) is 22.6 Å². The number of thiocarbonyl (C=S) groups is 1. The van der Waals surface area contributed by atoms with Gasteiger partial charge in [-0.3, -0.25) is 10.1 Å². The number of nitrogens with zero attached hydrogens (tertiary/aromatic N) is 1. The van der Waals surface area contributed by atoms with Crippen LogP contribution >= 0.6 is 12.2 Å². The topological polar surface area (TPSA) is 67.2 Å². The molecule has 0 radical (unpaired) electrons. The van der Waals surface area contributed by atoms with Crippen molar-refractivity contribution < 1.29 is 9.21 Å². The Morgan fingerprint density at radius 3 is 2.52 bits per heavy atom. The molecule has 0 aliphatic heterocycles. The minimum absolute atomic E-state index is 0.232.